The van der Waals surface area contributed by atoms with Crippen molar-refractivity contribution in [3.8, 4) is 0 Å². The summed E-state index contributed by atoms with van der Waals surface area (Å²) in [4.78, 5) is 11.1. The number of carbonyl (C=O) groups is 1. The van der Waals surface area contributed by atoms with Crippen LogP contribution in [0.5, 0.6) is 0 Å². The molecule has 128 valence electrons. The lowest BCUT2D eigenvalue weighted by atomic mass is 10.0. The summed E-state index contributed by atoms with van der Waals surface area (Å²) >= 11 is 11.3. The Bertz CT molecular complexity index is 960. The van der Waals surface area contributed by atoms with Crippen molar-refractivity contribution >= 4 is 49.2 Å². The van der Waals surface area contributed by atoms with Gasteiger partial charge in [-0.3, -0.25) is 13.9 Å². The number of hydrogen-bond acceptors (Lipinski definition) is 5. The zero-order valence-electron chi connectivity index (χ0n) is 11.5. The number of ketones is 1. The molecule has 0 atom stereocenters. The first-order chi connectivity index (χ1) is 10.9. The molecule has 2 aromatic carbocycles. The third-order valence-corrected chi connectivity index (χ3v) is 5.61. The van der Waals surface area contributed by atoms with Crippen LogP contribution in [-0.4, -0.2) is 31.7 Å². The van der Waals surface area contributed by atoms with E-state index in [1.165, 1.54) is 12.1 Å². The summed E-state index contributed by atoms with van der Waals surface area (Å²) in [5.41, 5.74) is -0.341. The monoisotopic (exact) mass is 410 g/mol. The summed E-state index contributed by atoms with van der Waals surface area (Å²) in [6.07, 6.45) is 0. The predicted octanol–water partition coefficient (Wildman–Crippen LogP) is 2.72. The molecule has 0 aromatic heterocycles. The van der Waals surface area contributed by atoms with Gasteiger partial charge in [-0.05, 0) is 36.4 Å². The van der Waals surface area contributed by atoms with Gasteiger partial charge in [-0.2, -0.15) is 16.8 Å². The second kappa shape index (κ2) is 6.43. The lowest BCUT2D eigenvalue weighted by molar-refractivity contribution is 0.103. The van der Waals surface area contributed by atoms with E-state index < -0.39 is 35.8 Å². The average Bonchev–Trinajstić information content (AvgIpc) is 2.45. The lowest BCUT2D eigenvalue weighted by Gasteiger charge is -2.07. The van der Waals surface area contributed by atoms with Gasteiger partial charge in [0.1, 0.15) is 9.79 Å². The number of benzene rings is 2. The zero-order valence-corrected chi connectivity index (χ0v) is 14.6. The summed E-state index contributed by atoms with van der Waals surface area (Å²) in [5.74, 6) is -0.766. The fourth-order valence-electron chi connectivity index (χ4n) is 1.85. The smallest absolute Gasteiger partial charge is 0.289 e. The lowest BCUT2D eigenvalue weighted by Crippen LogP contribution is -2.07. The van der Waals surface area contributed by atoms with E-state index in [0.717, 1.165) is 24.3 Å². The number of halogens is 2. The minimum atomic E-state index is -4.65. The second-order valence-corrected chi connectivity index (χ2v) is 8.16. The fraction of sp³-hybridized carbons (Fsp3) is 0. The molecule has 0 spiro atoms. The average molecular weight is 411 g/mol. The van der Waals surface area contributed by atoms with Crippen molar-refractivity contribution < 1.29 is 30.7 Å². The van der Waals surface area contributed by atoms with Gasteiger partial charge in [0.15, 0.2) is 5.78 Å². The first-order valence-electron chi connectivity index (χ1n) is 6.00. The molecule has 0 aliphatic heterocycles. The molecule has 0 amide bonds. The molecule has 0 heterocycles. The van der Waals surface area contributed by atoms with E-state index in [1.54, 1.807) is 0 Å². The van der Waals surface area contributed by atoms with Crippen LogP contribution in [0.25, 0.3) is 0 Å². The van der Waals surface area contributed by atoms with Crippen molar-refractivity contribution in [2.75, 3.05) is 0 Å². The molecule has 2 aromatic rings. The van der Waals surface area contributed by atoms with Crippen molar-refractivity contribution in [3.05, 3.63) is 57.6 Å². The van der Waals surface area contributed by atoms with Crippen LogP contribution in [0.3, 0.4) is 0 Å². The van der Waals surface area contributed by atoms with Crippen LogP contribution in [0, 0.1) is 0 Å². The van der Waals surface area contributed by atoms with Gasteiger partial charge < -0.3 is 0 Å². The largest absolute Gasteiger partial charge is 0.296 e. The summed E-state index contributed by atoms with van der Waals surface area (Å²) in [5, 5.41) is -0.576. The molecule has 0 radical (unpaired) electrons. The number of rotatable bonds is 4. The van der Waals surface area contributed by atoms with E-state index >= 15 is 0 Å². The van der Waals surface area contributed by atoms with Crippen molar-refractivity contribution in [3.63, 3.8) is 0 Å². The summed E-state index contributed by atoms with van der Waals surface area (Å²) in [6, 6.07) is 6.28. The third-order valence-electron chi connectivity index (χ3n) is 2.94. The van der Waals surface area contributed by atoms with Gasteiger partial charge in [-0.1, -0.05) is 23.2 Å². The number of carbonyl (C=O) groups excluding carboxylic acids is 1. The van der Waals surface area contributed by atoms with Crippen LogP contribution in [-0.2, 0) is 20.2 Å². The Hall–Kier alpha value is -1.49. The molecule has 2 rings (SSSR count). The Morgan fingerprint density at radius 1 is 0.750 bits per heavy atom. The topological polar surface area (TPSA) is 126 Å². The second-order valence-electron chi connectivity index (χ2n) is 4.57. The molecule has 2 N–H and O–H groups in total. The highest BCUT2D eigenvalue weighted by atomic mass is 35.5. The summed E-state index contributed by atoms with van der Waals surface area (Å²) in [7, 11) is -9.30. The SMILES string of the molecule is O=C(c1ccc(Cl)c(S(=O)(=O)O)c1)c1ccc(Cl)c(S(=O)(=O)O)c1. The van der Waals surface area contributed by atoms with E-state index in [4.69, 9.17) is 32.3 Å². The van der Waals surface area contributed by atoms with Gasteiger partial charge in [0.05, 0.1) is 10.0 Å². The fourth-order valence-corrected chi connectivity index (χ4v) is 3.85. The van der Waals surface area contributed by atoms with Crippen LogP contribution in [0.2, 0.25) is 10.0 Å². The molecular weight excluding hydrogens is 403 g/mol. The van der Waals surface area contributed by atoms with E-state index in [9.17, 15) is 21.6 Å². The predicted molar refractivity (Wildman–Crippen MR) is 86.0 cm³/mol. The molecule has 24 heavy (non-hydrogen) atoms. The maximum atomic E-state index is 12.4. The molecule has 0 saturated carbocycles. The molecule has 0 aliphatic rings. The Morgan fingerprint density at radius 2 is 1.08 bits per heavy atom. The Kier molecular flexibility index (Phi) is 5.05. The van der Waals surface area contributed by atoms with Gasteiger partial charge in [-0.15, -0.1) is 0 Å². The molecule has 0 saturated heterocycles. The molecule has 0 unspecified atom stereocenters. The van der Waals surface area contributed by atoms with Crippen LogP contribution < -0.4 is 0 Å². The highest BCUT2D eigenvalue weighted by Crippen LogP contribution is 2.26. The molecule has 0 fully saturated rings. The molecular formula is C13H8Cl2O7S2. The van der Waals surface area contributed by atoms with Crippen LogP contribution in [0.15, 0.2) is 46.2 Å². The van der Waals surface area contributed by atoms with Gasteiger partial charge >= 0.3 is 0 Å². The molecule has 0 aliphatic carbocycles. The minimum absolute atomic E-state index is 0.171. The summed E-state index contributed by atoms with van der Waals surface area (Å²) < 4.78 is 63.1. The quantitative estimate of drug-likeness (QED) is 0.585. The Morgan fingerprint density at radius 3 is 1.38 bits per heavy atom. The Balaban J connectivity index is 2.59. The number of hydrogen-bond donors (Lipinski definition) is 2. The van der Waals surface area contributed by atoms with E-state index in [2.05, 4.69) is 0 Å². The van der Waals surface area contributed by atoms with E-state index in [0.29, 0.717) is 0 Å². The molecule has 11 heteroatoms. The first kappa shape index (κ1) is 18.8. The van der Waals surface area contributed by atoms with Gasteiger partial charge in [0.2, 0.25) is 0 Å². The minimum Gasteiger partial charge on any atom is -0.289 e. The van der Waals surface area contributed by atoms with Gasteiger partial charge in [-0.25, -0.2) is 0 Å². The van der Waals surface area contributed by atoms with Crippen LogP contribution in [0.4, 0.5) is 0 Å². The maximum absolute atomic E-state index is 12.4. The standard InChI is InChI=1S/C13H8Cl2O7S2/c14-9-3-1-7(5-11(9)23(17,18)19)13(16)8-2-4-10(15)12(6-8)24(20,21)22/h1-6H,(H,17,18,19)(H,20,21,22). The van der Waals surface area contributed by atoms with E-state index in [1.807, 2.05) is 0 Å². The van der Waals surface area contributed by atoms with E-state index in [-0.39, 0.29) is 21.2 Å². The third kappa shape index (κ3) is 3.94. The summed E-state index contributed by atoms with van der Waals surface area (Å²) in [6.45, 7) is 0. The molecule has 7 nitrogen and oxygen atoms in total. The highest BCUT2D eigenvalue weighted by Gasteiger charge is 2.21. The normalized spacial score (nSPS) is 12.2. The van der Waals surface area contributed by atoms with Crippen molar-refractivity contribution in [2.45, 2.75) is 9.79 Å². The van der Waals surface area contributed by atoms with Crippen LogP contribution in [0.1, 0.15) is 15.9 Å². The zero-order chi connectivity index (χ0) is 18.3. The highest BCUT2D eigenvalue weighted by molar-refractivity contribution is 7.86. The van der Waals surface area contributed by atoms with Gasteiger partial charge in [0, 0.05) is 11.1 Å². The van der Waals surface area contributed by atoms with Crippen molar-refractivity contribution in [2.24, 2.45) is 0 Å². The maximum Gasteiger partial charge on any atom is 0.296 e. The van der Waals surface area contributed by atoms with Crippen LogP contribution >= 0.6 is 23.2 Å². The van der Waals surface area contributed by atoms with Crippen molar-refractivity contribution in [1.82, 2.24) is 0 Å². The van der Waals surface area contributed by atoms with Crippen molar-refractivity contribution in [1.29, 1.82) is 0 Å². The molecule has 0 bridgehead atoms. The Labute approximate surface area is 147 Å². The first-order valence-corrected chi connectivity index (χ1v) is 9.63. The van der Waals surface area contributed by atoms with Gasteiger partial charge in [0.25, 0.3) is 20.2 Å².